The van der Waals surface area contributed by atoms with Gasteiger partial charge in [-0.15, -0.1) is 0 Å². The Morgan fingerprint density at radius 3 is 2.50 bits per heavy atom. The van der Waals surface area contributed by atoms with Crippen LogP contribution in [0.1, 0.15) is 19.4 Å². The Labute approximate surface area is 122 Å². The fourth-order valence-corrected chi connectivity index (χ4v) is 1.94. The van der Waals surface area contributed by atoms with Gasteiger partial charge in [-0.05, 0) is 32.9 Å². The number of likely N-dealkylation sites (N-methyl/N-ethyl adjacent to an activating group) is 1. The number of nitrogens with one attached hydrogen (secondary N) is 1. The van der Waals surface area contributed by atoms with E-state index < -0.39 is 0 Å². The number of amides is 1. The molecule has 0 saturated carbocycles. The third-order valence-electron chi connectivity index (χ3n) is 3.63. The number of benzene rings is 1. The molecule has 1 aromatic carbocycles. The molecule has 0 fully saturated rings. The largest absolute Gasteiger partial charge is 0.355 e. The molecule has 0 heterocycles. The van der Waals surface area contributed by atoms with Gasteiger partial charge in [0.15, 0.2) is 0 Å². The summed E-state index contributed by atoms with van der Waals surface area (Å²) in [5, 5.41) is 2.98. The summed E-state index contributed by atoms with van der Waals surface area (Å²) < 4.78 is 0. The van der Waals surface area contributed by atoms with Crippen LogP contribution in [-0.4, -0.2) is 43.5 Å². The van der Waals surface area contributed by atoms with Crippen LogP contribution in [0.3, 0.4) is 0 Å². The Morgan fingerprint density at radius 1 is 1.30 bits per heavy atom. The highest BCUT2D eigenvalue weighted by molar-refractivity contribution is 5.79. The molecule has 0 spiro atoms. The molecule has 0 aliphatic rings. The van der Waals surface area contributed by atoms with E-state index in [1.54, 1.807) is 0 Å². The molecule has 1 rings (SSSR count). The van der Waals surface area contributed by atoms with Crippen LogP contribution < -0.4 is 11.1 Å². The molecular formula is C16H27N3O. The lowest BCUT2D eigenvalue weighted by Crippen LogP contribution is -2.41. The summed E-state index contributed by atoms with van der Waals surface area (Å²) >= 11 is 0. The van der Waals surface area contributed by atoms with E-state index in [2.05, 4.69) is 31.1 Å². The van der Waals surface area contributed by atoms with Crippen molar-refractivity contribution in [3.8, 4) is 0 Å². The van der Waals surface area contributed by atoms with Gasteiger partial charge in [-0.25, -0.2) is 0 Å². The number of nitrogens with zero attached hydrogens (tertiary/aromatic N) is 1. The fraction of sp³-hybridized carbons (Fsp3) is 0.562. The maximum Gasteiger partial charge on any atom is 0.224 e. The first-order chi connectivity index (χ1) is 9.54. The second kappa shape index (κ2) is 8.72. The lowest BCUT2D eigenvalue weighted by Gasteiger charge is -2.22. The number of hydrogen-bond acceptors (Lipinski definition) is 3. The van der Waals surface area contributed by atoms with Crippen molar-refractivity contribution in [3.63, 3.8) is 0 Å². The third-order valence-corrected chi connectivity index (χ3v) is 3.63. The van der Waals surface area contributed by atoms with Gasteiger partial charge in [0.25, 0.3) is 0 Å². The Balaban J connectivity index is 2.39. The number of rotatable bonds is 8. The molecule has 112 valence electrons. The summed E-state index contributed by atoms with van der Waals surface area (Å²) in [4.78, 5) is 14.3. The molecule has 0 radical (unpaired) electrons. The van der Waals surface area contributed by atoms with Gasteiger partial charge in [-0.3, -0.25) is 4.79 Å². The molecule has 1 amide bonds. The van der Waals surface area contributed by atoms with Crippen LogP contribution in [0.15, 0.2) is 30.3 Å². The van der Waals surface area contributed by atoms with Gasteiger partial charge in [0.2, 0.25) is 5.91 Å². The van der Waals surface area contributed by atoms with E-state index in [9.17, 15) is 4.79 Å². The first kappa shape index (κ1) is 16.7. The summed E-state index contributed by atoms with van der Waals surface area (Å²) in [5.74, 6) is -0.102. The number of nitrogens with two attached hydrogens (primary N) is 1. The van der Waals surface area contributed by atoms with E-state index in [0.29, 0.717) is 25.6 Å². The first-order valence-corrected chi connectivity index (χ1v) is 7.26. The van der Waals surface area contributed by atoms with Gasteiger partial charge in [0.1, 0.15) is 0 Å². The maximum absolute atomic E-state index is 12.1. The quantitative estimate of drug-likeness (QED) is 0.752. The highest BCUT2D eigenvalue weighted by Crippen LogP contribution is 2.07. The molecule has 1 unspecified atom stereocenters. The number of hydrogen-bond donors (Lipinski definition) is 2. The van der Waals surface area contributed by atoms with Crippen LogP contribution in [0.5, 0.6) is 0 Å². The number of carbonyl (C=O) groups excluding carboxylic acids is 1. The summed E-state index contributed by atoms with van der Waals surface area (Å²) in [6, 6.07) is 10.5. The molecule has 1 aromatic rings. The SMILES string of the molecule is CC(C)N(C)CCNC(=O)C(CN)Cc1ccccc1. The van der Waals surface area contributed by atoms with Crippen LogP contribution in [0.4, 0.5) is 0 Å². The maximum atomic E-state index is 12.1. The molecule has 0 aromatic heterocycles. The lowest BCUT2D eigenvalue weighted by molar-refractivity contribution is -0.124. The molecular weight excluding hydrogens is 250 g/mol. The van der Waals surface area contributed by atoms with E-state index in [0.717, 1.165) is 12.1 Å². The Bertz CT molecular complexity index is 392. The molecule has 0 aliphatic heterocycles. The topological polar surface area (TPSA) is 58.4 Å². The highest BCUT2D eigenvalue weighted by Gasteiger charge is 2.17. The van der Waals surface area contributed by atoms with Crippen molar-refractivity contribution in [2.75, 3.05) is 26.7 Å². The molecule has 3 N–H and O–H groups in total. The Hall–Kier alpha value is -1.39. The van der Waals surface area contributed by atoms with Gasteiger partial charge in [0, 0.05) is 25.7 Å². The summed E-state index contributed by atoms with van der Waals surface area (Å²) in [6.45, 7) is 6.17. The first-order valence-electron chi connectivity index (χ1n) is 7.26. The number of carbonyl (C=O) groups is 1. The van der Waals surface area contributed by atoms with Gasteiger partial charge in [-0.2, -0.15) is 0 Å². The second-order valence-electron chi connectivity index (χ2n) is 5.49. The fourth-order valence-electron chi connectivity index (χ4n) is 1.94. The minimum Gasteiger partial charge on any atom is -0.355 e. The van der Waals surface area contributed by atoms with E-state index in [1.807, 2.05) is 30.3 Å². The normalized spacial score (nSPS) is 12.7. The van der Waals surface area contributed by atoms with Crippen LogP contribution in [-0.2, 0) is 11.2 Å². The van der Waals surface area contributed by atoms with Gasteiger partial charge in [-0.1, -0.05) is 30.3 Å². The van der Waals surface area contributed by atoms with E-state index in [4.69, 9.17) is 5.73 Å². The van der Waals surface area contributed by atoms with Crippen molar-refractivity contribution in [3.05, 3.63) is 35.9 Å². The van der Waals surface area contributed by atoms with E-state index in [1.165, 1.54) is 0 Å². The minimum absolute atomic E-state index is 0.0495. The van der Waals surface area contributed by atoms with Gasteiger partial charge >= 0.3 is 0 Å². The highest BCUT2D eigenvalue weighted by atomic mass is 16.1. The molecule has 4 nitrogen and oxygen atoms in total. The van der Waals surface area contributed by atoms with Crippen molar-refractivity contribution in [1.82, 2.24) is 10.2 Å². The molecule has 0 bridgehead atoms. The monoisotopic (exact) mass is 277 g/mol. The Kier molecular flexibility index (Phi) is 7.26. The molecule has 1 atom stereocenters. The standard InChI is InChI=1S/C16H27N3O/c1-13(2)19(3)10-9-18-16(20)15(12-17)11-14-7-5-4-6-8-14/h4-8,13,15H,9-12,17H2,1-3H3,(H,18,20). The van der Waals surface area contributed by atoms with Crippen molar-refractivity contribution in [2.45, 2.75) is 26.3 Å². The average Bonchev–Trinajstić information content (AvgIpc) is 2.45. The van der Waals surface area contributed by atoms with Crippen molar-refractivity contribution >= 4 is 5.91 Å². The van der Waals surface area contributed by atoms with Crippen molar-refractivity contribution in [1.29, 1.82) is 0 Å². The molecule has 0 saturated heterocycles. The molecule has 4 heteroatoms. The van der Waals surface area contributed by atoms with Crippen molar-refractivity contribution < 1.29 is 4.79 Å². The summed E-state index contributed by atoms with van der Waals surface area (Å²) in [5.41, 5.74) is 6.88. The average molecular weight is 277 g/mol. The van der Waals surface area contributed by atoms with E-state index >= 15 is 0 Å². The van der Waals surface area contributed by atoms with E-state index in [-0.39, 0.29) is 11.8 Å². The lowest BCUT2D eigenvalue weighted by atomic mass is 9.98. The van der Waals surface area contributed by atoms with Crippen LogP contribution in [0.2, 0.25) is 0 Å². The summed E-state index contributed by atoms with van der Waals surface area (Å²) in [7, 11) is 2.06. The third kappa shape index (κ3) is 5.72. The predicted octanol–water partition coefficient (Wildman–Crippen LogP) is 1.26. The predicted molar refractivity (Wildman–Crippen MR) is 83.5 cm³/mol. The molecule has 0 aliphatic carbocycles. The smallest absolute Gasteiger partial charge is 0.224 e. The van der Waals surface area contributed by atoms with Crippen LogP contribution in [0.25, 0.3) is 0 Å². The van der Waals surface area contributed by atoms with Gasteiger partial charge < -0.3 is 16.0 Å². The minimum atomic E-state index is -0.151. The van der Waals surface area contributed by atoms with Crippen LogP contribution >= 0.6 is 0 Å². The van der Waals surface area contributed by atoms with Crippen molar-refractivity contribution in [2.24, 2.45) is 11.7 Å². The Morgan fingerprint density at radius 2 is 1.95 bits per heavy atom. The van der Waals surface area contributed by atoms with Crippen LogP contribution in [0, 0.1) is 5.92 Å². The second-order valence-corrected chi connectivity index (χ2v) is 5.49. The zero-order valence-corrected chi connectivity index (χ0v) is 12.8. The van der Waals surface area contributed by atoms with Gasteiger partial charge in [0.05, 0.1) is 5.92 Å². The molecule has 20 heavy (non-hydrogen) atoms. The summed E-state index contributed by atoms with van der Waals surface area (Å²) in [6.07, 6.45) is 0.698. The zero-order chi connectivity index (χ0) is 15.0. The zero-order valence-electron chi connectivity index (χ0n) is 12.8.